The topological polar surface area (TPSA) is 103 Å². The second-order valence-corrected chi connectivity index (χ2v) is 13.1. The molecule has 0 spiro atoms. The highest BCUT2D eigenvalue weighted by atomic mass is 16.6. The van der Waals surface area contributed by atoms with E-state index >= 15 is 0 Å². The Hall–Kier alpha value is -0.400. The molecule has 0 aliphatic rings. The lowest BCUT2D eigenvalue weighted by molar-refractivity contribution is -0.101. The minimum Gasteiger partial charge on any atom is -0.394 e. The smallest absolute Gasteiger partial charge is 0.0781 e. The molecule has 10 nitrogen and oxygen atoms in total. The Morgan fingerprint density at radius 1 is 0.333 bits per heavy atom. The van der Waals surface area contributed by atoms with Gasteiger partial charge >= 0.3 is 0 Å². The summed E-state index contributed by atoms with van der Waals surface area (Å²) in [6.07, 6.45) is 17.6. The lowest BCUT2D eigenvalue weighted by Gasteiger charge is -2.22. The molecule has 290 valence electrons. The molecule has 0 saturated heterocycles. The molecule has 1 N–H and O–H groups in total. The SMILES string of the molecule is CCCCCCCCCCCCCCCOCC(C)OCC(C)OCC(C)OCC(C)OCC(C)OCCOCCOCCOCCO. The quantitative estimate of drug-likeness (QED) is 0.0665. The van der Waals surface area contributed by atoms with Crippen LogP contribution in [0.3, 0.4) is 0 Å². The molecule has 0 aliphatic carbocycles. The zero-order valence-electron chi connectivity index (χ0n) is 32.1. The molecular weight excluding hydrogens is 616 g/mol. The standard InChI is InChI=1S/C38H78O10/c1-7-8-9-10-11-12-13-14-15-16-17-18-19-21-43-29-34(2)45-31-36(4)47-33-38(6)48-32-37(5)46-30-35(3)44-28-27-42-26-25-41-24-23-40-22-20-39/h34-39H,7-33H2,1-6H3. The van der Waals surface area contributed by atoms with Crippen LogP contribution in [-0.4, -0.2) is 128 Å². The van der Waals surface area contributed by atoms with Gasteiger partial charge < -0.3 is 47.7 Å². The van der Waals surface area contributed by atoms with Crippen LogP contribution in [-0.2, 0) is 42.6 Å². The van der Waals surface area contributed by atoms with Gasteiger partial charge in [-0.25, -0.2) is 0 Å². The van der Waals surface area contributed by atoms with Crippen molar-refractivity contribution in [1.29, 1.82) is 0 Å². The minimum atomic E-state index is -0.0467. The Morgan fingerprint density at radius 3 is 1.08 bits per heavy atom. The van der Waals surface area contributed by atoms with Gasteiger partial charge in [0, 0.05) is 6.61 Å². The number of unbranched alkanes of at least 4 members (excludes halogenated alkanes) is 12. The van der Waals surface area contributed by atoms with E-state index in [0.29, 0.717) is 79.3 Å². The third-order valence-electron chi connectivity index (χ3n) is 7.82. The van der Waals surface area contributed by atoms with E-state index in [-0.39, 0.29) is 37.1 Å². The van der Waals surface area contributed by atoms with Crippen molar-refractivity contribution in [3.05, 3.63) is 0 Å². The second kappa shape index (κ2) is 37.8. The molecule has 0 aromatic heterocycles. The number of ether oxygens (including phenoxy) is 9. The van der Waals surface area contributed by atoms with Gasteiger partial charge in [-0.3, -0.25) is 0 Å². The van der Waals surface area contributed by atoms with Crippen molar-refractivity contribution in [3.63, 3.8) is 0 Å². The Kier molecular flexibility index (Phi) is 37.5. The Labute approximate surface area is 295 Å². The van der Waals surface area contributed by atoms with Gasteiger partial charge in [0.1, 0.15) is 0 Å². The average Bonchev–Trinajstić information content (AvgIpc) is 3.08. The lowest BCUT2D eigenvalue weighted by atomic mass is 10.0. The van der Waals surface area contributed by atoms with E-state index in [1.165, 1.54) is 77.0 Å². The van der Waals surface area contributed by atoms with Crippen LogP contribution < -0.4 is 0 Å². The van der Waals surface area contributed by atoms with Crippen molar-refractivity contribution in [1.82, 2.24) is 0 Å². The Morgan fingerprint density at radius 2 is 0.667 bits per heavy atom. The summed E-state index contributed by atoms with van der Waals surface area (Å²) < 4.78 is 51.3. The predicted octanol–water partition coefficient (Wildman–Crippen LogP) is 7.16. The summed E-state index contributed by atoms with van der Waals surface area (Å²) in [5.74, 6) is 0. The molecule has 0 aromatic carbocycles. The maximum atomic E-state index is 8.63. The summed E-state index contributed by atoms with van der Waals surface area (Å²) in [6.45, 7) is 19.1. The van der Waals surface area contributed by atoms with Crippen LogP contribution in [0.25, 0.3) is 0 Å². The van der Waals surface area contributed by atoms with E-state index in [1.807, 2.05) is 27.7 Å². The van der Waals surface area contributed by atoms with Gasteiger partial charge in [-0.1, -0.05) is 84.0 Å². The van der Waals surface area contributed by atoms with E-state index < -0.39 is 0 Å². The third kappa shape index (κ3) is 36.9. The van der Waals surface area contributed by atoms with E-state index in [1.54, 1.807) is 0 Å². The molecule has 0 aliphatic heterocycles. The molecule has 48 heavy (non-hydrogen) atoms. The highest BCUT2D eigenvalue weighted by Gasteiger charge is 2.13. The zero-order valence-corrected chi connectivity index (χ0v) is 32.1. The molecule has 0 fully saturated rings. The van der Waals surface area contributed by atoms with Crippen LogP contribution in [0.1, 0.15) is 125 Å². The van der Waals surface area contributed by atoms with Crippen LogP contribution in [0.2, 0.25) is 0 Å². The maximum absolute atomic E-state index is 8.63. The fourth-order valence-electron chi connectivity index (χ4n) is 4.83. The number of hydrogen-bond acceptors (Lipinski definition) is 10. The first-order valence-electron chi connectivity index (χ1n) is 19.4. The fraction of sp³-hybridized carbons (Fsp3) is 1.00. The van der Waals surface area contributed by atoms with Crippen molar-refractivity contribution in [3.8, 4) is 0 Å². The van der Waals surface area contributed by atoms with Crippen molar-refractivity contribution < 1.29 is 47.7 Å². The van der Waals surface area contributed by atoms with Crippen LogP contribution in [0, 0.1) is 0 Å². The van der Waals surface area contributed by atoms with Gasteiger partial charge in [-0.15, -0.1) is 0 Å². The van der Waals surface area contributed by atoms with Crippen molar-refractivity contribution in [2.24, 2.45) is 0 Å². The monoisotopic (exact) mass is 695 g/mol. The van der Waals surface area contributed by atoms with Gasteiger partial charge in [0.25, 0.3) is 0 Å². The number of aliphatic hydroxyl groups excluding tert-OH is 1. The first kappa shape index (κ1) is 47.6. The number of rotatable bonds is 40. The predicted molar refractivity (Wildman–Crippen MR) is 193 cm³/mol. The molecule has 5 unspecified atom stereocenters. The second-order valence-electron chi connectivity index (χ2n) is 13.1. The van der Waals surface area contributed by atoms with Crippen molar-refractivity contribution in [2.45, 2.75) is 156 Å². The van der Waals surface area contributed by atoms with E-state index in [2.05, 4.69) is 13.8 Å². The molecule has 0 radical (unpaired) electrons. The Bertz CT molecular complexity index is 614. The number of hydrogen-bond donors (Lipinski definition) is 1. The molecule has 10 heteroatoms. The van der Waals surface area contributed by atoms with Crippen LogP contribution in [0.15, 0.2) is 0 Å². The normalized spacial score (nSPS) is 15.1. The number of aliphatic hydroxyl groups is 1. The van der Waals surface area contributed by atoms with Gasteiger partial charge in [-0.2, -0.15) is 0 Å². The van der Waals surface area contributed by atoms with Crippen LogP contribution in [0.5, 0.6) is 0 Å². The molecule has 5 atom stereocenters. The first-order valence-corrected chi connectivity index (χ1v) is 19.4. The average molecular weight is 695 g/mol. The molecule has 0 rings (SSSR count). The molecule has 0 aromatic rings. The third-order valence-corrected chi connectivity index (χ3v) is 7.82. The Balaban J connectivity index is 3.55. The van der Waals surface area contributed by atoms with E-state index in [9.17, 15) is 0 Å². The summed E-state index contributed by atoms with van der Waals surface area (Å²) in [7, 11) is 0. The molecule has 0 heterocycles. The highest BCUT2D eigenvalue weighted by Crippen LogP contribution is 2.12. The van der Waals surface area contributed by atoms with Crippen LogP contribution >= 0.6 is 0 Å². The highest BCUT2D eigenvalue weighted by molar-refractivity contribution is 4.58. The van der Waals surface area contributed by atoms with E-state index in [4.69, 9.17) is 47.7 Å². The minimum absolute atomic E-state index is 0.0141. The summed E-state index contributed by atoms with van der Waals surface area (Å²) in [6, 6.07) is 0. The van der Waals surface area contributed by atoms with Gasteiger partial charge in [-0.05, 0) is 41.0 Å². The summed E-state index contributed by atoms with van der Waals surface area (Å²) in [5.41, 5.74) is 0. The molecule has 0 bridgehead atoms. The zero-order chi connectivity index (χ0) is 35.3. The van der Waals surface area contributed by atoms with Gasteiger partial charge in [0.2, 0.25) is 0 Å². The van der Waals surface area contributed by atoms with Crippen LogP contribution in [0.4, 0.5) is 0 Å². The fourth-order valence-corrected chi connectivity index (χ4v) is 4.83. The summed E-state index contributed by atoms with van der Waals surface area (Å²) in [5, 5.41) is 8.63. The first-order chi connectivity index (χ1) is 23.4. The van der Waals surface area contributed by atoms with E-state index in [0.717, 1.165) is 13.0 Å². The lowest BCUT2D eigenvalue weighted by Crippen LogP contribution is -2.29. The van der Waals surface area contributed by atoms with Crippen molar-refractivity contribution in [2.75, 3.05) is 92.5 Å². The molecule has 0 saturated carbocycles. The largest absolute Gasteiger partial charge is 0.394 e. The summed E-state index contributed by atoms with van der Waals surface area (Å²) in [4.78, 5) is 0. The molecule has 0 amide bonds. The van der Waals surface area contributed by atoms with Gasteiger partial charge in [0.05, 0.1) is 116 Å². The molecular formula is C38H78O10. The maximum Gasteiger partial charge on any atom is 0.0781 e. The van der Waals surface area contributed by atoms with Crippen molar-refractivity contribution >= 4 is 0 Å². The summed E-state index contributed by atoms with van der Waals surface area (Å²) >= 11 is 0. The van der Waals surface area contributed by atoms with Gasteiger partial charge in [0.15, 0.2) is 0 Å².